The van der Waals surface area contributed by atoms with Crippen molar-refractivity contribution in [1.29, 1.82) is 0 Å². The third kappa shape index (κ3) is 3.32. The SMILES string of the molecule is CCCNC(=O)c1cccc(C(=O)N2CCCc3ccccc32)c1. The standard InChI is InChI=1S/C20H22N2O2/c1-2-12-21-19(23)16-8-5-9-17(14-16)20(24)22-13-6-10-15-7-3-4-11-18(15)22/h3-5,7-9,11,14H,2,6,10,12-13H2,1H3,(H,21,23). The lowest BCUT2D eigenvalue weighted by Crippen LogP contribution is -2.35. The molecule has 0 bridgehead atoms. The number of anilines is 1. The Labute approximate surface area is 142 Å². The molecule has 0 saturated heterocycles. The molecule has 1 heterocycles. The van der Waals surface area contributed by atoms with Gasteiger partial charge in [0.25, 0.3) is 11.8 Å². The second-order valence-corrected chi connectivity index (χ2v) is 6.03. The van der Waals surface area contributed by atoms with Gasteiger partial charge in [0.05, 0.1) is 0 Å². The van der Waals surface area contributed by atoms with Gasteiger partial charge >= 0.3 is 0 Å². The van der Waals surface area contributed by atoms with Gasteiger partial charge in [0.15, 0.2) is 0 Å². The van der Waals surface area contributed by atoms with E-state index >= 15 is 0 Å². The van der Waals surface area contributed by atoms with Gasteiger partial charge in [0.2, 0.25) is 0 Å². The van der Waals surface area contributed by atoms with Gasteiger partial charge in [-0.2, -0.15) is 0 Å². The zero-order valence-corrected chi connectivity index (χ0v) is 13.9. The number of aryl methyl sites for hydroxylation is 1. The molecule has 3 rings (SSSR count). The molecule has 24 heavy (non-hydrogen) atoms. The maximum Gasteiger partial charge on any atom is 0.258 e. The van der Waals surface area contributed by atoms with Crippen LogP contribution in [-0.2, 0) is 6.42 Å². The summed E-state index contributed by atoms with van der Waals surface area (Å²) >= 11 is 0. The highest BCUT2D eigenvalue weighted by molar-refractivity contribution is 6.08. The van der Waals surface area contributed by atoms with E-state index < -0.39 is 0 Å². The Hall–Kier alpha value is -2.62. The number of fused-ring (bicyclic) bond motifs is 1. The summed E-state index contributed by atoms with van der Waals surface area (Å²) in [7, 11) is 0. The number of para-hydroxylation sites is 1. The number of nitrogens with zero attached hydrogens (tertiary/aromatic N) is 1. The Morgan fingerprint density at radius 2 is 1.88 bits per heavy atom. The molecule has 2 amide bonds. The topological polar surface area (TPSA) is 49.4 Å². The first-order valence-corrected chi connectivity index (χ1v) is 8.48. The number of hydrogen-bond donors (Lipinski definition) is 1. The zero-order valence-electron chi connectivity index (χ0n) is 13.9. The van der Waals surface area contributed by atoms with Gasteiger partial charge < -0.3 is 10.2 Å². The predicted octanol–water partition coefficient (Wildman–Crippen LogP) is 3.42. The molecule has 1 aliphatic heterocycles. The number of carbonyl (C=O) groups excluding carboxylic acids is 2. The number of amides is 2. The second-order valence-electron chi connectivity index (χ2n) is 6.03. The van der Waals surface area contributed by atoms with Crippen LogP contribution in [0, 0.1) is 0 Å². The summed E-state index contributed by atoms with van der Waals surface area (Å²) < 4.78 is 0. The third-order valence-electron chi connectivity index (χ3n) is 4.26. The van der Waals surface area contributed by atoms with Gasteiger partial charge in [0, 0.05) is 29.9 Å². The van der Waals surface area contributed by atoms with Gasteiger partial charge in [0.1, 0.15) is 0 Å². The van der Waals surface area contributed by atoms with E-state index in [1.54, 1.807) is 24.3 Å². The van der Waals surface area contributed by atoms with Crippen LogP contribution in [0.3, 0.4) is 0 Å². The minimum absolute atomic E-state index is 0.0488. The smallest absolute Gasteiger partial charge is 0.258 e. The van der Waals surface area contributed by atoms with Crippen molar-refractivity contribution in [2.45, 2.75) is 26.2 Å². The van der Waals surface area contributed by atoms with Gasteiger partial charge in [-0.05, 0) is 49.1 Å². The first-order chi connectivity index (χ1) is 11.7. The fourth-order valence-electron chi connectivity index (χ4n) is 3.03. The molecular formula is C20H22N2O2. The molecule has 0 radical (unpaired) electrons. The van der Waals surface area contributed by atoms with Crippen LogP contribution in [0.2, 0.25) is 0 Å². The summed E-state index contributed by atoms with van der Waals surface area (Å²) in [6.07, 6.45) is 2.84. The Morgan fingerprint density at radius 3 is 2.71 bits per heavy atom. The van der Waals surface area contributed by atoms with Crippen LogP contribution in [0.4, 0.5) is 5.69 Å². The lowest BCUT2D eigenvalue weighted by Gasteiger charge is -2.29. The number of hydrogen-bond acceptors (Lipinski definition) is 2. The average Bonchev–Trinajstić information content (AvgIpc) is 2.65. The molecule has 0 unspecified atom stereocenters. The average molecular weight is 322 g/mol. The predicted molar refractivity (Wildman–Crippen MR) is 95.5 cm³/mol. The summed E-state index contributed by atoms with van der Waals surface area (Å²) in [6, 6.07) is 15.0. The van der Waals surface area contributed by atoms with Crippen LogP contribution in [0.1, 0.15) is 46.0 Å². The molecule has 0 spiro atoms. The molecule has 1 aliphatic rings. The molecule has 0 aliphatic carbocycles. The molecule has 2 aromatic rings. The van der Waals surface area contributed by atoms with E-state index in [1.807, 2.05) is 30.0 Å². The van der Waals surface area contributed by atoms with E-state index in [2.05, 4.69) is 11.4 Å². The van der Waals surface area contributed by atoms with Crippen LogP contribution < -0.4 is 10.2 Å². The normalized spacial score (nSPS) is 13.3. The highest BCUT2D eigenvalue weighted by Crippen LogP contribution is 2.28. The quantitative estimate of drug-likeness (QED) is 0.937. The lowest BCUT2D eigenvalue weighted by atomic mass is 10.0. The van der Waals surface area contributed by atoms with E-state index in [-0.39, 0.29) is 11.8 Å². The van der Waals surface area contributed by atoms with E-state index in [4.69, 9.17) is 0 Å². The largest absolute Gasteiger partial charge is 0.352 e. The van der Waals surface area contributed by atoms with Crippen LogP contribution >= 0.6 is 0 Å². The van der Waals surface area contributed by atoms with Crippen molar-refractivity contribution in [3.05, 3.63) is 65.2 Å². The van der Waals surface area contributed by atoms with Crippen molar-refractivity contribution in [3.63, 3.8) is 0 Å². The molecular weight excluding hydrogens is 300 g/mol. The van der Waals surface area contributed by atoms with E-state index in [0.717, 1.165) is 24.9 Å². The monoisotopic (exact) mass is 322 g/mol. The highest BCUT2D eigenvalue weighted by atomic mass is 16.2. The van der Waals surface area contributed by atoms with E-state index in [1.165, 1.54) is 5.56 Å². The second kappa shape index (κ2) is 7.30. The molecule has 0 fully saturated rings. The molecule has 2 aromatic carbocycles. The first-order valence-electron chi connectivity index (χ1n) is 8.48. The Balaban J connectivity index is 1.85. The third-order valence-corrected chi connectivity index (χ3v) is 4.26. The summed E-state index contributed by atoms with van der Waals surface area (Å²) in [4.78, 5) is 26.9. The Bertz CT molecular complexity index is 755. The summed E-state index contributed by atoms with van der Waals surface area (Å²) in [5.74, 6) is -0.183. The lowest BCUT2D eigenvalue weighted by molar-refractivity contribution is 0.0953. The zero-order chi connectivity index (χ0) is 16.9. The van der Waals surface area contributed by atoms with Gasteiger partial charge in [-0.25, -0.2) is 0 Å². The Morgan fingerprint density at radius 1 is 1.08 bits per heavy atom. The van der Waals surface area contributed by atoms with Crippen molar-refractivity contribution in [2.24, 2.45) is 0 Å². The van der Waals surface area contributed by atoms with Crippen molar-refractivity contribution >= 4 is 17.5 Å². The van der Waals surface area contributed by atoms with E-state index in [9.17, 15) is 9.59 Å². The summed E-state index contributed by atoms with van der Waals surface area (Å²) in [5, 5.41) is 2.85. The van der Waals surface area contributed by atoms with E-state index in [0.29, 0.717) is 24.2 Å². The van der Waals surface area contributed by atoms with Crippen LogP contribution in [0.15, 0.2) is 48.5 Å². The molecule has 4 nitrogen and oxygen atoms in total. The number of carbonyl (C=O) groups is 2. The van der Waals surface area contributed by atoms with Gasteiger partial charge in [-0.15, -0.1) is 0 Å². The molecule has 0 saturated carbocycles. The number of benzene rings is 2. The fourth-order valence-corrected chi connectivity index (χ4v) is 3.03. The molecule has 0 atom stereocenters. The van der Waals surface area contributed by atoms with Crippen LogP contribution in [0.25, 0.3) is 0 Å². The van der Waals surface area contributed by atoms with Crippen LogP contribution in [-0.4, -0.2) is 24.9 Å². The number of rotatable bonds is 4. The first kappa shape index (κ1) is 16.2. The molecule has 4 heteroatoms. The maximum absolute atomic E-state index is 12.9. The molecule has 0 aromatic heterocycles. The molecule has 124 valence electrons. The van der Waals surface area contributed by atoms with Crippen LogP contribution in [0.5, 0.6) is 0 Å². The number of nitrogens with one attached hydrogen (secondary N) is 1. The van der Waals surface area contributed by atoms with Crippen molar-refractivity contribution in [2.75, 3.05) is 18.0 Å². The molecule has 1 N–H and O–H groups in total. The van der Waals surface area contributed by atoms with Crippen molar-refractivity contribution < 1.29 is 9.59 Å². The van der Waals surface area contributed by atoms with Crippen molar-refractivity contribution in [3.8, 4) is 0 Å². The Kier molecular flexibility index (Phi) is 4.94. The minimum atomic E-state index is -0.134. The van der Waals surface area contributed by atoms with Crippen molar-refractivity contribution in [1.82, 2.24) is 5.32 Å². The maximum atomic E-state index is 12.9. The fraction of sp³-hybridized carbons (Fsp3) is 0.300. The van der Waals surface area contributed by atoms with Gasteiger partial charge in [-0.1, -0.05) is 31.2 Å². The van der Waals surface area contributed by atoms with Gasteiger partial charge in [-0.3, -0.25) is 9.59 Å². The summed E-state index contributed by atoms with van der Waals surface area (Å²) in [6.45, 7) is 3.35. The summed E-state index contributed by atoms with van der Waals surface area (Å²) in [5.41, 5.74) is 3.26. The minimum Gasteiger partial charge on any atom is -0.352 e. The highest BCUT2D eigenvalue weighted by Gasteiger charge is 2.23.